The number of nitrogens with one attached hydrogen (secondary N) is 1. The van der Waals surface area contributed by atoms with Gasteiger partial charge in [0.15, 0.2) is 0 Å². The van der Waals surface area contributed by atoms with Crippen molar-refractivity contribution in [3.8, 4) is 0 Å². The molecule has 0 bridgehead atoms. The summed E-state index contributed by atoms with van der Waals surface area (Å²) in [4.78, 5) is 25.6. The lowest BCUT2D eigenvalue weighted by Gasteiger charge is -2.29. The summed E-state index contributed by atoms with van der Waals surface area (Å²) < 4.78 is 23.4. The molecule has 0 rings (SSSR count). The molecule has 0 heterocycles. The number of phosphoric acid groups is 1. The molecule has 0 aliphatic carbocycles. The van der Waals surface area contributed by atoms with Crippen molar-refractivity contribution in [2.24, 2.45) is 0 Å². The molecule has 458 valence electrons. The quantitative estimate of drug-likeness (QED) is 0.0272. The minimum Gasteiger partial charge on any atom is -0.756 e. The van der Waals surface area contributed by atoms with Gasteiger partial charge in [-0.2, -0.15) is 0 Å². The third kappa shape index (κ3) is 61.8. The maximum Gasteiger partial charge on any atom is 0.268 e. The van der Waals surface area contributed by atoms with E-state index in [0.717, 1.165) is 51.4 Å². The summed E-state index contributed by atoms with van der Waals surface area (Å²) in [5, 5.41) is 13.9. The summed E-state index contributed by atoms with van der Waals surface area (Å²) in [6, 6.07) is -0.911. The Bertz CT molecular complexity index is 1450. The molecule has 1 amide bonds. The van der Waals surface area contributed by atoms with E-state index in [9.17, 15) is 19.4 Å². The van der Waals surface area contributed by atoms with Crippen LogP contribution in [0.15, 0.2) is 60.8 Å². The number of rotatable bonds is 62. The van der Waals surface area contributed by atoms with Crippen LogP contribution < -0.4 is 10.2 Å². The van der Waals surface area contributed by atoms with Crippen LogP contribution in [-0.2, 0) is 18.4 Å². The molecule has 3 atom stereocenters. The van der Waals surface area contributed by atoms with Crippen molar-refractivity contribution in [1.82, 2.24) is 5.32 Å². The number of amides is 1. The van der Waals surface area contributed by atoms with Gasteiger partial charge in [0, 0.05) is 6.42 Å². The van der Waals surface area contributed by atoms with E-state index in [4.69, 9.17) is 9.05 Å². The van der Waals surface area contributed by atoms with E-state index in [1.165, 1.54) is 250 Å². The summed E-state index contributed by atoms with van der Waals surface area (Å²) in [7, 11) is 1.24. The molecular weight excluding hydrogens is 984 g/mol. The molecule has 0 spiro atoms. The first kappa shape index (κ1) is 76.2. The highest BCUT2D eigenvalue weighted by Crippen LogP contribution is 2.38. The molecule has 0 aromatic rings. The van der Waals surface area contributed by atoms with E-state index < -0.39 is 26.6 Å². The summed E-state index contributed by atoms with van der Waals surface area (Å²) in [5.74, 6) is -0.207. The highest BCUT2D eigenvalue weighted by atomic mass is 31.2. The molecule has 0 aromatic carbocycles. The molecular formula is C69H131N2O6P. The predicted octanol–water partition coefficient (Wildman–Crippen LogP) is 20.6. The monoisotopic (exact) mass is 1110 g/mol. The maximum atomic E-state index is 13.0. The topological polar surface area (TPSA) is 108 Å². The normalized spacial score (nSPS) is 14.1. The number of likely N-dealkylation sites (N-methyl/N-ethyl adjacent to an activating group) is 1. The summed E-state index contributed by atoms with van der Waals surface area (Å²) in [5.41, 5.74) is 0. The van der Waals surface area contributed by atoms with Crippen molar-refractivity contribution >= 4 is 13.7 Å². The number of hydrogen-bond acceptors (Lipinski definition) is 6. The van der Waals surface area contributed by atoms with Gasteiger partial charge in [0.05, 0.1) is 39.9 Å². The number of quaternary nitrogens is 1. The Balaban J connectivity index is 4.10. The molecule has 0 aliphatic heterocycles. The van der Waals surface area contributed by atoms with E-state index in [1.54, 1.807) is 6.08 Å². The lowest BCUT2D eigenvalue weighted by Crippen LogP contribution is -2.45. The van der Waals surface area contributed by atoms with Crippen LogP contribution in [-0.4, -0.2) is 68.5 Å². The number of unbranched alkanes of at least 4 members (excludes halogenated alkanes) is 41. The second-order valence-electron chi connectivity index (χ2n) is 24.2. The highest BCUT2D eigenvalue weighted by molar-refractivity contribution is 7.45. The average molecular weight is 1120 g/mol. The Morgan fingerprint density at radius 3 is 1.12 bits per heavy atom. The summed E-state index contributed by atoms with van der Waals surface area (Å²) in [6.07, 6.45) is 82.0. The van der Waals surface area contributed by atoms with Crippen LogP contribution in [0.2, 0.25) is 0 Å². The Labute approximate surface area is 485 Å². The number of allylic oxidation sites excluding steroid dienone is 9. The molecule has 0 saturated heterocycles. The van der Waals surface area contributed by atoms with Crippen molar-refractivity contribution in [2.45, 2.75) is 334 Å². The first-order chi connectivity index (χ1) is 38.0. The number of aliphatic hydroxyl groups excluding tert-OH is 1. The average Bonchev–Trinajstić information content (AvgIpc) is 3.41. The Morgan fingerprint density at radius 1 is 0.449 bits per heavy atom. The molecule has 2 N–H and O–H groups in total. The lowest BCUT2D eigenvalue weighted by molar-refractivity contribution is -0.870. The van der Waals surface area contributed by atoms with Gasteiger partial charge >= 0.3 is 0 Å². The third-order valence-corrected chi connectivity index (χ3v) is 16.1. The van der Waals surface area contributed by atoms with Crippen LogP contribution in [0.5, 0.6) is 0 Å². The van der Waals surface area contributed by atoms with E-state index in [2.05, 4.69) is 67.8 Å². The van der Waals surface area contributed by atoms with Crippen LogP contribution in [0.25, 0.3) is 0 Å². The molecule has 0 aromatic heterocycles. The van der Waals surface area contributed by atoms with Crippen molar-refractivity contribution in [2.75, 3.05) is 40.9 Å². The maximum absolute atomic E-state index is 13.0. The smallest absolute Gasteiger partial charge is 0.268 e. The second-order valence-corrected chi connectivity index (χ2v) is 25.6. The van der Waals surface area contributed by atoms with Crippen LogP contribution in [0.1, 0.15) is 322 Å². The van der Waals surface area contributed by atoms with E-state index >= 15 is 0 Å². The van der Waals surface area contributed by atoms with Gasteiger partial charge in [-0.25, -0.2) is 0 Å². The first-order valence-electron chi connectivity index (χ1n) is 33.7. The van der Waals surface area contributed by atoms with Crippen molar-refractivity contribution in [1.29, 1.82) is 0 Å². The minimum atomic E-state index is -4.61. The summed E-state index contributed by atoms with van der Waals surface area (Å²) >= 11 is 0. The standard InChI is InChI=1S/C69H131N2O6P/c1-6-8-10-12-14-16-18-20-22-24-26-28-30-31-32-33-34-35-36-37-38-39-41-43-45-47-49-51-53-55-57-59-61-63-69(73)70-67(66-77-78(74,75)76-65-64-71(3,4)5)68(72)62-60-58-56-54-52-50-48-46-44-42-40-29-27-25-23-21-19-17-15-13-11-9-7-2/h18,20,24,26,44,46,52,54,60,62,67-68,72H,6-17,19,21-23,25,27-43,45,47-51,53,55-59,61,63-66H2,1-5H3,(H-,70,73,74,75)/b20-18-,26-24-,46-44+,54-52+,62-60+. The molecule has 9 heteroatoms. The van der Waals surface area contributed by atoms with Gasteiger partial charge in [0.2, 0.25) is 5.91 Å². The molecule has 0 radical (unpaired) electrons. The fourth-order valence-corrected chi connectivity index (χ4v) is 10.6. The van der Waals surface area contributed by atoms with Crippen LogP contribution in [0.4, 0.5) is 0 Å². The van der Waals surface area contributed by atoms with Gasteiger partial charge in [-0.1, -0.05) is 299 Å². The van der Waals surface area contributed by atoms with Crippen LogP contribution in [0.3, 0.4) is 0 Å². The number of phosphoric ester groups is 1. The molecule has 0 saturated carbocycles. The van der Waals surface area contributed by atoms with Gasteiger partial charge in [-0.3, -0.25) is 9.36 Å². The van der Waals surface area contributed by atoms with Gasteiger partial charge in [-0.05, 0) is 77.0 Å². The number of aliphatic hydroxyl groups is 1. The third-order valence-electron chi connectivity index (χ3n) is 15.2. The number of carbonyl (C=O) groups excluding carboxylic acids is 1. The Morgan fingerprint density at radius 2 is 0.756 bits per heavy atom. The fourth-order valence-electron chi connectivity index (χ4n) is 9.92. The van der Waals surface area contributed by atoms with Crippen LogP contribution >= 0.6 is 7.82 Å². The largest absolute Gasteiger partial charge is 0.756 e. The Kier molecular flexibility index (Phi) is 58.4. The van der Waals surface area contributed by atoms with Crippen molar-refractivity contribution < 1.29 is 32.9 Å². The molecule has 3 unspecified atom stereocenters. The van der Waals surface area contributed by atoms with Crippen LogP contribution in [0, 0.1) is 0 Å². The zero-order valence-corrected chi connectivity index (χ0v) is 53.3. The molecule has 0 fully saturated rings. The first-order valence-corrected chi connectivity index (χ1v) is 35.1. The zero-order chi connectivity index (χ0) is 57.0. The fraction of sp³-hybridized carbons (Fsp3) is 0.841. The zero-order valence-electron chi connectivity index (χ0n) is 52.4. The predicted molar refractivity (Wildman–Crippen MR) is 339 cm³/mol. The van der Waals surface area contributed by atoms with E-state index in [-0.39, 0.29) is 12.5 Å². The molecule has 78 heavy (non-hydrogen) atoms. The summed E-state index contributed by atoms with van der Waals surface area (Å²) in [6.45, 7) is 4.65. The van der Waals surface area contributed by atoms with E-state index in [0.29, 0.717) is 17.4 Å². The van der Waals surface area contributed by atoms with E-state index in [1.807, 2.05) is 27.2 Å². The molecule has 0 aliphatic rings. The van der Waals surface area contributed by atoms with Gasteiger partial charge < -0.3 is 28.8 Å². The highest BCUT2D eigenvalue weighted by Gasteiger charge is 2.23. The minimum absolute atomic E-state index is 0.00888. The SMILES string of the molecule is CCCCCCC/C=C\C/C=C\CCCCCCCCCCCCCCCCCCCCCCCC(=O)NC(COP(=O)([O-])OCC[N+](C)(C)C)C(O)/C=C/CC/C=C/CC/C=C/CCCCCCCCCCCCCCC. The second kappa shape index (κ2) is 59.8. The number of nitrogens with zero attached hydrogens (tertiary/aromatic N) is 1. The Hall–Kier alpha value is -1.80. The number of hydrogen-bond donors (Lipinski definition) is 2. The van der Waals surface area contributed by atoms with Crippen molar-refractivity contribution in [3.63, 3.8) is 0 Å². The van der Waals surface area contributed by atoms with Gasteiger partial charge in [-0.15, -0.1) is 0 Å². The molecule has 8 nitrogen and oxygen atoms in total. The number of carbonyl (C=O) groups is 1. The lowest BCUT2D eigenvalue weighted by atomic mass is 10.0. The van der Waals surface area contributed by atoms with Gasteiger partial charge in [0.25, 0.3) is 7.82 Å². The van der Waals surface area contributed by atoms with Crippen molar-refractivity contribution in [3.05, 3.63) is 60.8 Å². The van der Waals surface area contributed by atoms with Gasteiger partial charge in [0.1, 0.15) is 13.2 Å².